The number of carboxylic acids is 1. The van der Waals surface area contributed by atoms with Crippen LogP contribution >= 0.6 is 0 Å². The van der Waals surface area contributed by atoms with Crippen molar-refractivity contribution in [1.82, 2.24) is 10.6 Å². The van der Waals surface area contributed by atoms with Crippen molar-refractivity contribution in [2.24, 2.45) is 0 Å². The highest BCUT2D eigenvalue weighted by Gasteiger charge is 2.26. The van der Waals surface area contributed by atoms with Gasteiger partial charge in [-0.1, -0.05) is 18.2 Å². The molecule has 1 aliphatic heterocycles. The van der Waals surface area contributed by atoms with E-state index in [1.807, 2.05) is 31.2 Å². The molecule has 114 valence electrons. The lowest BCUT2D eigenvalue weighted by Crippen LogP contribution is -2.41. The van der Waals surface area contributed by atoms with Gasteiger partial charge in [-0.3, -0.25) is 4.79 Å². The summed E-state index contributed by atoms with van der Waals surface area (Å²) in [6.07, 6.45) is 1.22. The number of benzene rings is 1. The van der Waals surface area contributed by atoms with Crippen LogP contribution in [0.5, 0.6) is 5.75 Å². The van der Waals surface area contributed by atoms with Crippen molar-refractivity contribution >= 4 is 12.0 Å². The maximum Gasteiger partial charge on any atom is 0.315 e. The number of rotatable bonds is 5. The number of carbonyl (C=O) groups is 2. The molecule has 1 aliphatic rings. The lowest BCUT2D eigenvalue weighted by molar-refractivity contribution is -0.137. The summed E-state index contributed by atoms with van der Waals surface area (Å²) in [6.45, 7) is 2.31. The third-order valence-corrected chi connectivity index (χ3v) is 3.35. The third kappa shape index (κ3) is 4.37. The largest absolute Gasteiger partial charge is 0.490 e. The van der Waals surface area contributed by atoms with E-state index in [1.54, 1.807) is 0 Å². The highest BCUT2D eigenvalue weighted by Crippen LogP contribution is 2.34. The molecule has 0 radical (unpaired) electrons. The number of carbonyl (C=O) groups excluding carboxylic acids is 1. The Balaban J connectivity index is 1.87. The van der Waals surface area contributed by atoms with Gasteiger partial charge in [-0.2, -0.15) is 0 Å². The van der Waals surface area contributed by atoms with Crippen molar-refractivity contribution in [3.63, 3.8) is 0 Å². The predicted molar refractivity (Wildman–Crippen MR) is 77.3 cm³/mol. The van der Waals surface area contributed by atoms with E-state index in [9.17, 15) is 9.59 Å². The van der Waals surface area contributed by atoms with E-state index in [-0.39, 0.29) is 24.6 Å². The predicted octanol–water partition coefficient (Wildman–Crippen LogP) is 2.06. The van der Waals surface area contributed by atoms with Gasteiger partial charge in [-0.15, -0.1) is 0 Å². The molecule has 1 heterocycles. The van der Waals surface area contributed by atoms with Crippen LogP contribution in [0, 0.1) is 0 Å². The molecule has 6 nitrogen and oxygen atoms in total. The zero-order valence-electron chi connectivity index (χ0n) is 12.0. The molecule has 0 bridgehead atoms. The van der Waals surface area contributed by atoms with Crippen LogP contribution in [-0.2, 0) is 4.79 Å². The fourth-order valence-electron chi connectivity index (χ4n) is 2.39. The van der Waals surface area contributed by atoms with Crippen molar-refractivity contribution < 1.29 is 19.4 Å². The van der Waals surface area contributed by atoms with Crippen LogP contribution in [0.1, 0.15) is 37.8 Å². The zero-order valence-corrected chi connectivity index (χ0v) is 12.0. The summed E-state index contributed by atoms with van der Waals surface area (Å²) in [6, 6.07) is 7.28. The molecule has 2 atom stereocenters. The molecule has 2 amide bonds. The summed E-state index contributed by atoms with van der Waals surface area (Å²) in [5, 5.41) is 14.1. The van der Waals surface area contributed by atoms with Crippen molar-refractivity contribution in [3.8, 4) is 5.75 Å². The average Bonchev–Trinajstić information content (AvgIpc) is 2.43. The minimum atomic E-state index is -0.857. The minimum absolute atomic E-state index is 0.0391. The lowest BCUT2D eigenvalue weighted by atomic mass is 9.97. The number of urea groups is 1. The molecule has 0 aromatic heterocycles. The van der Waals surface area contributed by atoms with E-state index >= 15 is 0 Å². The van der Waals surface area contributed by atoms with E-state index in [4.69, 9.17) is 9.84 Å². The van der Waals surface area contributed by atoms with Crippen LogP contribution in [0.4, 0.5) is 4.79 Å². The maximum atomic E-state index is 11.9. The smallest absolute Gasteiger partial charge is 0.315 e. The molecule has 0 unspecified atom stereocenters. The number of ether oxygens (including phenoxy) is 1. The third-order valence-electron chi connectivity index (χ3n) is 3.35. The molecular formula is C15H20N2O4. The topological polar surface area (TPSA) is 87.7 Å². The second kappa shape index (κ2) is 6.97. The molecule has 21 heavy (non-hydrogen) atoms. The SMILES string of the molecule is C[C@@H]1C[C@@H](NC(=O)NCCCC(=O)O)c2ccccc2O1. The molecule has 0 fully saturated rings. The molecule has 0 aliphatic carbocycles. The average molecular weight is 292 g/mol. The van der Waals surface area contributed by atoms with E-state index in [0.29, 0.717) is 19.4 Å². The normalized spacial score (nSPS) is 20.0. The number of aliphatic carboxylic acids is 1. The summed E-state index contributed by atoms with van der Waals surface area (Å²) in [7, 11) is 0. The van der Waals surface area contributed by atoms with Crippen LogP contribution < -0.4 is 15.4 Å². The van der Waals surface area contributed by atoms with Gasteiger partial charge in [0.1, 0.15) is 5.75 Å². The van der Waals surface area contributed by atoms with Gasteiger partial charge in [0.2, 0.25) is 0 Å². The molecule has 1 aromatic rings. The van der Waals surface area contributed by atoms with Gasteiger partial charge < -0.3 is 20.5 Å². The standard InChI is InChI=1S/C15H20N2O4/c1-10-9-12(11-5-2-3-6-13(11)21-10)17-15(20)16-8-4-7-14(18)19/h2-3,5-6,10,12H,4,7-9H2,1H3,(H,18,19)(H2,16,17,20)/t10-,12-/m1/s1. The molecule has 0 saturated heterocycles. The second-order valence-electron chi connectivity index (χ2n) is 5.15. The Kier molecular flexibility index (Phi) is 5.03. The Labute approximate surface area is 123 Å². The number of hydrogen-bond donors (Lipinski definition) is 3. The summed E-state index contributed by atoms with van der Waals surface area (Å²) >= 11 is 0. The Bertz CT molecular complexity index is 518. The Morgan fingerprint density at radius 1 is 1.38 bits per heavy atom. The highest BCUT2D eigenvalue weighted by molar-refractivity contribution is 5.74. The van der Waals surface area contributed by atoms with Gasteiger partial charge in [-0.25, -0.2) is 4.79 Å². The number of nitrogens with one attached hydrogen (secondary N) is 2. The maximum absolute atomic E-state index is 11.9. The molecule has 6 heteroatoms. The van der Waals surface area contributed by atoms with E-state index in [0.717, 1.165) is 11.3 Å². The zero-order chi connectivity index (χ0) is 15.2. The van der Waals surface area contributed by atoms with Crippen molar-refractivity contribution in [3.05, 3.63) is 29.8 Å². The number of fused-ring (bicyclic) bond motifs is 1. The molecule has 2 rings (SSSR count). The molecule has 3 N–H and O–H groups in total. The quantitative estimate of drug-likeness (QED) is 0.725. The van der Waals surface area contributed by atoms with Crippen molar-refractivity contribution in [1.29, 1.82) is 0 Å². The van der Waals surface area contributed by atoms with Gasteiger partial charge >= 0.3 is 12.0 Å². The monoisotopic (exact) mass is 292 g/mol. The van der Waals surface area contributed by atoms with E-state index in [1.165, 1.54) is 0 Å². The van der Waals surface area contributed by atoms with Gasteiger partial charge in [0, 0.05) is 24.9 Å². The van der Waals surface area contributed by atoms with Crippen molar-refractivity contribution in [2.75, 3.05) is 6.54 Å². The van der Waals surface area contributed by atoms with Gasteiger partial charge in [0.05, 0.1) is 12.1 Å². The molecule has 0 saturated carbocycles. The van der Waals surface area contributed by atoms with Crippen LogP contribution in [0.15, 0.2) is 24.3 Å². The van der Waals surface area contributed by atoms with Crippen LogP contribution in [-0.4, -0.2) is 29.8 Å². The van der Waals surface area contributed by atoms with Crippen LogP contribution in [0.25, 0.3) is 0 Å². The second-order valence-corrected chi connectivity index (χ2v) is 5.15. The fraction of sp³-hybridized carbons (Fsp3) is 0.467. The minimum Gasteiger partial charge on any atom is -0.490 e. The first-order chi connectivity index (χ1) is 10.1. The summed E-state index contributed by atoms with van der Waals surface area (Å²) in [4.78, 5) is 22.3. The van der Waals surface area contributed by atoms with E-state index < -0.39 is 5.97 Å². The van der Waals surface area contributed by atoms with Gasteiger partial charge in [-0.05, 0) is 19.4 Å². The highest BCUT2D eigenvalue weighted by atomic mass is 16.5. The molecule has 0 spiro atoms. The fourth-order valence-corrected chi connectivity index (χ4v) is 2.39. The Morgan fingerprint density at radius 2 is 2.14 bits per heavy atom. The van der Waals surface area contributed by atoms with Gasteiger partial charge in [0.15, 0.2) is 0 Å². The number of amides is 2. The van der Waals surface area contributed by atoms with Crippen molar-refractivity contribution in [2.45, 2.75) is 38.3 Å². The number of carboxylic acid groups (broad SMARTS) is 1. The number of para-hydroxylation sites is 1. The summed E-state index contributed by atoms with van der Waals surface area (Å²) < 4.78 is 5.73. The lowest BCUT2D eigenvalue weighted by Gasteiger charge is -2.30. The Hall–Kier alpha value is -2.24. The Morgan fingerprint density at radius 3 is 2.90 bits per heavy atom. The molecular weight excluding hydrogens is 272 g/mol. The van der Waals surface area contributed by atoms with Crippen LogP contribution in [0.2, 0.25) is 0 Å². The van der Waals surface area contributed by atoms with E-state index in [2.05, 4.69) is 10.6 Å². The number of hydrogen-bond acceptors (Lipinski definition) is 3. The first-order valence-corrected chi connectivity index (χ1v) is 7.08. The molecule has 1 aromatic carbocycles. The first kappa shape index (κ1) is 15.2. The summed E-state index contributed by atoms with van der Waals surface area (Å²) in [5.41, 5.74) is 0.969. The van der Waals surface area contributed by atoms with Gasteiger partial charge in [0.25, 0.3) is 0 Å². The van der Waals surface area contributed by atoms with Crippen LogP contribution in [0.3, 0.4) is 0 Å². The first-order valence-electron chi connectivity index (χ1n) is 7.08. The summed E-state index contributed by atoms with van der Waals surface area (Å²) in [5.74, 6) is -0.0585.